The van der Waals surface area contributed by atoms with E-state index < -0.39 is 4.92 Å². The van der Waals surface area contributed by atoms with Gasteiger partial charge in [-0.1, -0.05) is 0 Å². The first kappa shape index (κ1) is 19.4. The third-order valence-corrected chi connectivity index (χ3v) is 4.40. The van der Waals surface area contributed by atoms with Gasteiger partial charge in [0.25, 0.3) is 5.91 Å². The second-order valence-corrected chi connectivity index (χ2v) is 6.64. The molecule has 1 heterocycles. The van der Waals surface area contributed by atoms with Crippen molar-refractivity contribution in [2.75, 3.05) is 32.8 Å². The summed E-state index contributed by atoms with van der Waals surface area (Å²) in [4.78, 5) is 24.0. The number of hydrogen-bond acceptors (Lipinski definition) is 6. The van der Waals surface area contributed by atoms with E-state index in [1.807, 2.05) is 25.2 Å². The lowest BCUT2D eigenvalue weighted by Crippen LogP contribution is -3.08. The van der Waals surface area contributed by atoms with Crippen LogP contribution >= 0.6 is 0 Å². The zero-order chi connectivity index (χ0) is 20.3. The van der Waals surface area contributed by atoms with Gasteiger partial charge in [0, 0.05) is 23.4 Å². The molecule has 0 saturated carbocycles. The molecule has 28 heavy (non-hydrogen) atoms. The monoisotopic (exact) mass is 388 g/mol. The van der Waals surface area contributed by atoms with Crippen LogP contribution < -0.4 is 24.4 Å². The number of methoxy groups -OCH3 is 1. The van der Waals surface area contributed by atoms with E-state index in [2.05, 4.69) is 5.32 Å². The molecule has 1 unspecified atom stereocenters. The van der Waals surface area contributed by atoms with E-state index >= 15 is 0 Å². The highest BCUT2D eigenvalue weighted by Gasteiger charge is 2.20. The highest BCUT2D eigenvalue weighted by molar-refractivity contribution is 5.92. The van der Waals surface area contributed by atoms with Crippen molar-refractivity contribution in [2.45, 2.75) is 13.5 Å². The number of anilines is 1. The Labute approximate surface area is 162 Å². The fraction of sp³-hybridized carbons (Fsp3) is 0.316. The van der Waals surface area contributed by atoms with Crippen molar-refractivity contribution < 1.29 is 28.8 Å². The van der Waals surface area contributed by atoms with Crippen LogP contribution in [0, 0.1) is 17.0 Å². The summed E-state index contributed by atoms with van der Waals surface area (Å²) in [6, 6.07) is 8.57. The van der Waals surface area contributed by atoms with Gasteiger partial charge < -0.3 is 24.4 Å². The van der Waals surface area contributed by atoms with Crippen molar-refractivity contribution in [2.24, 2.45) is 0 Å². The lowest BCUT2D eigenvalue weighted by Gasteiger charge is -2.15. The van der Waals surface area contributed by atoms with Crippen LogP contribution in [0.3, 0.4) is 0 Å². The molecule has 0 spiro atoms. The molecule has 1 aliphatic rings. The van der Waals surface area contributed by atoms with Gasteiger partial charge in [0.05, 0.1) is 19.1 Å². The number of nitro benzene ring substituents is 1. The smallest absolute Gasteiger partial charge is 0.311 e. The topological polar surface area (TPSA) is 104 Å². The fourth-order valence-corrected chi connectivity index (χ4v) is 3.04. The Morgan fingerprint density at radius 2 is 2.04 bits per heavy atom. The molecule has 9 heteroatoms. The van der Waals surface area contributed by atoms with Crippen molar-refractivity contribution >= 4 is 17.3 Å². The minimum absolute atomic E-state index is 0.104. The van der Waals surface area contributed by atoms with Crippen LogP contribution in [0.25, 0.3) is 0 Å². The second kappa shape index (κ2) is 8.13. The predicted molar refractivity (Wildman–Crippen MR) is 101 cm³/mol. The molecular formula is C19H22N3O6+. The van der Waals surface area contributed by atoms with Crippen LogP contribution in [-0.4, -0.2) is 38.3 Å². The van der Waals surface area contributed by atoms with Crippen LogP contribution in [0.1, 0.15) is 11.1 Å². The maximum Gasteiger partial charge on any atom is 0.311 e. The summed E-state index contributed by atoms with van der Waals surface area (Å²) in [5, 5.41) is 13.9. The van der Waals surface area contributed by atoms with Gasteiger partial charge in [0.15, 0.2) is 23.8 Å². The molecule has 1 atom stereocenters. The molecule has 9 nitrogen and oxygen atoms in total. The number of benzene rings is 2. The minimum atomic E-state index is -0.513. The van der Waals surface area contributed by atoms with Crippen molar-refractivity contribution in [1.82, 2.24) is 0 Å². The van der Waals surface area contributed by atoms with Crippen molar-refractivity contribution in [3.8, 4) is 17.2 Å². The van der Waals surface area contributed by atoms with Gasteiger partial charge in [-0.05, 0) is 30.7 Å². The van der Waals surface area contributed by atoms with Crippen LogP contribution in [-0.2, 0) is 11.3 Å². The maximum atomic E-state index is 12.4. The van der Waals surface area contributed by atoms with E-state index in [0.717, 1.165) is 16.2 Å². The van der Waals surface area contributed by atoms with E-state index in [1.165, 1.54) is 19.2 Å². The Bertz CT molecular complexity index is 915. The number of likely N-dealkylation sites (N-methyl/N-ethyl adjacent to an activating group) is 1. The number of hydrogen-bond donors (Lipinski definition) is 2. The minimum Gasteiger partial charge on any atom is -0.490 e. The summed E-state index contributed by atoms with van der Waals surface area (Å²) >= 11 is 0. The molecule has 0 aliphatic carbocycles. The number of nitro groups is 1. The van der Waals surface area contributed by atoms with Gasteiger partial charge in [-0.25, -0.2) is 0 Å². The molecule has 0 bridgehead atoms. The summed E-state index contributed by atoms with van der Waals surface area (Å²) in [5.41, 5.74) is 1.98. The number of amides is 1. The summed E-state index contributed by atoms with van der Waals surface area (Å²) in [5.74, 6) is 1.34. The zero-order valence-electron chi connectivity index (χ0n) is 15.9. The van der Waals surface area contributed by atoms with Crippen LogP contribution in [0.2, 0.25) is 0 Å². The van der Waals surface area contributed by atoms with E-state index in [0.29, 0.717) is 23.5 Å². The number of carbonyl (C=O) groups excluding carboxylic acids is 1. The highest BCUT2D eigenvalue weighted by Crippen LogP contribution is 2.33. The SMILES string of the molecule is COc1cc(NC(=O)C[NH+](C)Cc2ccc3c(c2)OCO3)c(C)cc1[N+](=O)[O-]. The van der Waals surface area contributed by atoms with Crippen LogP contribution in [0.4, 0.5) is 11.4 Å². The van der Waals surface area contributed by atoms with E-state index in [4.69, 9.17) is 14.2 Å². The Morgan fingerprint density at radius 3 is 2.75 bits per heavy atom. The first-order valence-electron chi connectivity index (χ1n) is 8.70. The number of nitrogens with zero attached hydrogens (tertiary/aromatic N) is 1. The number of ether oxygens (including phenoxy) is 3. The molecule has 0 fully saturated rings. The molecule has 148 valence electrons. The Kier molecular flexibility index (Phi) is 5.65. The molecule has 1 aliphatic heterocycles. The van der Waals surface area contributed by atoms with Crippen LogP contribution in [0.15, 0.2) is 30.3 Å². The predicted octanol–water partition coefficient (Wildman–Crippen LogP) is 1.29. The summed E-state index contributed by atoms with van der Waals surface area (Å²) in [6.07, 6.45) is 0. The quantitative estimate of drug-likeness (QED) is 0.547. The van der Waals surface area contributed by atoms with Gasteiger partial charge in [-0.15, -0.1) is 0 Å². The zero-order valence-corrected chi connectivity index (χ0v) is 15.9. The van der Waals surface area contributed by atoms with Crippen molar-refractivity contribution in [1.29, 1.82) is 0 Å². The Hall–Kier alpha value is -3.33. The van der Waals surface area contributed by atoms with Gasteiger partial charge in [0.1, 0.15) is 6.54 Å². The molecular weight excluding hydrogens is 366 g/mol. The number of aryl methyl sites for hydroxylation is 1. The van der Waals surface area contributed by atoms with Crippen molar-refractivity contribution in [3.05, 3.63) is 51.6 Å². The second-order valence-electron chi connectivity index (χ2n) is 6.64. The Balaban J connectivity index is 1.62. The molecule has 2 aromatic rings. The van der Waals surface area contributed by atoms with Gasteiger partial charge >= 0.3 is 5.69 Å². The third-order valence-electron chi connectivity index (χ3n) is 4.40. The molecule has 2 aromatic carbocycles. The third kappa shape index (κ3) is 4.32. The lowest BCUT2D eigenvalue weighted by atomic mass is 10.1. The van der Waals surface area contributed by atoms with Gasteiger partial charge in [0.2, 0.25) is 6.79 Å². The highest BCUT2D eigenvalue weighted by atomic mass is 16.7. The van der Waals surface area contributed by atoms with E-state index in [-0.39, 0.29) is 30.7 Å². The first-order chi connectivity index (χ1) is 13.4. The molecule has 1 amide bonds. The van der Waals surface area contributed by atoms with Crippen molar-refractivity contribution in [3.63, 3.8) is 0 Å². The summed E-state index contributed by atoms with van der Waals surface area (Å²) < 4.78 is 15.7. The normalized spacial score (nSPS) is 13.1. The van der Waals surface area contributed by atoms with E-state index in [9.17, 15) is 14.9 Å². The summed E-state index contributed by atoms with van der Waals surface area (Å²) in [7, 11) is 3.26. The number of carbonyl (C=O) groups is 1. The molecule has 0 saturated heterocycles. The summed E-state index contributed by atoms with van der Waals surface area (Å²) in [6.45, 7) is 2.78. The first-order valence-corrected chi connectivity index (χ1v) is 8.70. The fourth-order valence-electron chi connectivity index (χ4n) is 3.04. The number of rotatable bonds is 7. The molecule has 2 N–H and O–H groups in total. The lowest BCUT2D eigenvalue weighted by molar-refractivity contribution is -0.885. The largest absolute Gasteiger partial charge is 0.490 e. The van der Waals surface area contributed by atoms with Crippen LogP contribution in [0.5, 0.6) is 17.2 Å². The Morgan fingerprint density at radius 1 is 1.29 bits per heavy atom. The average Bonchev–Trinajstić information content (AvgIpc) is 3.10. The van der Waals surface area contributed by atoms with E-state index in [1.54, 1.807) is 6.92 Å². The van der Waals surface area contributed by atoms with Gasteiger partial charge in [-0.2, -0.15) is 0 Å². The van der Waals surface area contributed by atoms with Gasteiger partial charge in [-0.3, -0.25) is 14.9 Å². The molecule has 3 rings (SSSR count). The maximum absolute atomic E-state index is 12.4. The standard InChI is InChI=1S/C19H21N3O6/c1-12-6-15(22(24)25)17(26-3)8-14(12)20-19(23)10-21(2)9-13-4-5-16-18(7-13)28-11-27-16/h4-8H,9-11H2,1-3H3,(H,20,23)/p+1. The average molecular weight is 388 g/mol. The number of quaternary nitrogens is 1. The molecule has 0 aromatic heterocycles. The number of fused-ring (bicyclic) bond motifs is 1. The molecule has 0 radical (unpaired) electrons. The number of nitrogens with one attached hydrogen (secondary N) is 2.